The number of amides is 1. The minimum Gasteiger partial charge on any atom is -0.465 e. The number of allylic oxidation sites excluding steroid dienone is 2. The van der Waals surface area contributed by atoms with E-state index in [2.05, 4.69) is 5.32 Å². The molecule has 1 aliphatic heterocycles. The Morgan fingerprint density at radius 2 is 1.76 bits per heavy atom. The van der Waals surface area contributed by atoms with Crippen LogP contribution in [0.1, 0.15) is 25.8 Å². The van der Waals surface area contributed by atoms with E-state index >= 15 is 0 Å². The molecule has 1 N–H and O–H groups in total. The first-order valence-electron chi connectivity index (χ1n) is 9.24. The third-order valence-electron chi connectivity index (χ3n) is 4.24. The first-order chi connectivity index (χ1) is 13.8. The van der Waals surface area contributed by atoms with Crippen LogP contribution in [0.25, 0.3) is 0 Å². The van der Waals surface area contributed by atoms with E-state index in [0.717, 1.165) is 5.56 Å². The molecule has 154 valence electrons. The summed E-state index contributed by atoms with van der Waals surface area (Å²) in [6.07, 6.45) is 6.89. The molecule has 0 bridgehead atoms. The van der Waals surface area contributed by atoms with Gasteiger partial charge in [0.15, 0.2) is 0 Å². The summed E-state index contributed by atoms with van der Waals surface area (Å²) in [5, 5.41) is 2.87. The molecule has 1 aromatic rings. The normalized spacial score (nSPS) is 13.4. The smallest absolute Gasteiger partial charge is 0.355 e. The van der Waals surface area contributed by atoms with Crippen molar-refractivity contribution < 1.29 is 23.9 Å². The van der Waals surface area contributed by atoms with E-state index in [1.165, 1.54) is 20.3 Å². The standard InChI is InChI=1S/C22H26N2O5/c1-14(2)12-19(25)23-16-10-9-15(3)18(13-16)24-11-7-6-8-17(21(26)28-4)20(24)22(27)29-5/h6-11,13-14H,12H2,1-5H3,(H,23,25). The number of methoxy groups -OCH3 is 2. The van der Waals surface area contributed by atoms with Crippen LogP contribution in [-0.4, -0.2) is 32.1 Å². The fourth-order valence-corrected chi connectivity index (χ4v) is 2.88. The average molecular weight is 398 g/mol. The summed E-state index contributed by atoms with van der Waals surface area (Å²) in [6, 6.07) is 5.37. The molecule has 1 heterocycles. The summed E-state index contributed by atoms with van der Waals surface area (Å²) in [5.74, 6) is -1.21. The first-order valence-corrected chi connectivity index (χ1v) is 9.24. The van der Waals surface area contributed by atoms with Crippen molar-refractivity contribution in [1.82, 2.24) is 0 Å². The van der Waals surface area contributed by atoms with Crippen LogP contribution in [0, 0.1) is 12.8 Å². The lowest BCUT2D eigenvalue weighted by Gasteiger charge is -2.25. The van der Waals surface area contributed by atoms with E-state index in [9.17, 15) is 14.4 Å². The second-order valence-corrected chi connectivity index (χ2v) is 6.96. The van der Waals surface area contributed by atoms with Gasteiger partial charge in [0.05, 0.1) is 25.5 Å². The monoisotopic (exact) mass is 398 g/mol. The van der Waals surface area contributed by atoms with Crippen LogP contribution in [0.15, 0.2) is 53.9 Å². The molecule has 0 atom stereocenters. The van der Waals surface area contributed by atoms with Gasteiger partial charge in [-0.25, -0.2) is 9.59 Å². The lowest BCUT2D eigenvalue weighted by Crippen LogP contribution is -2.27. The van der Waals surface area contributed by atoms with Gasteiger partial charge in [0.2, 0.25) is 5.91 Å². The molecule has 1 amide bonds. The van der Waals surface area contributed by atoms with Crippen molar-refractivity contribution in [2.24, 2.45) is 5.92 Å². The molecule has 0 spiro atoms. The number of anilines is 2. The fraction of sp³-hybridized carbons (Fsp3) is 0.318. The highest BCUT2D eigenvalue weighted by Crippen LogP contribution is 2.31. The van der Waals surface area contributed by atoms with E-state index < -0.39 is 11.9 Å². The van der Waals surface area contributed by atoms with E-state index in [4.69, 9.17) is 9.47 Å². The SMILES string of the molecule is COC(=O)C1=C(C(=O)OC)N(c2cc(NC(=O)CC(C)C)ccc2C)C=CC=C1. The van der Waals surface area contributed by atoms with E-state index in [1.54, 1.807) is 35.4 Å². The predicted octanol–water partition coefficient (Wildman–Crippen LogP) is 3.47. The number of hydrogen-bond acceptors (Lipinski definition) is 6. The van der Waals surface area contributed by atoms with Gasteiger partial charge >= 0.3 is 11.9 Å². The second kappa shape index (κ2) is 9.73. The quantitative estimate of drug-likeness (QED) is 0.739. The van der Waals surface area contributed by atoms with Crippen molar-refractivity contribution in [3.63, 3.8) is 0 Å². The number of aryl methyl sites for hydroxylation is 1. The Kier molecular flexibility index (Phi) is 7.36. The zero-order valence-electron chi connectivity index (χ0n) is 17.3. The summed E-state index contributed by atoms with van der Waals surface area (Å²) in [6.45, 7) is 5.81. The molecule has 2 rings (SSSR count). The molecule has 1 aliphatic rings. The van der Waals surface area contributed by atoms with E-state index in [1.807, 2.05) is 26.8 Å². The fourth-order valence-electron chi connectivity index (χ4n) is 2.88. The minimum atomic E-state index is -0.685. The number of carbonyl (C=O) groups is 3. The lowest BCUT2D eigenvalue weighted by atomic mass is 10.1. The number of hydrogen-bond donors (Lipinski definition) is 1. The predicted molar refractivity (Wildman–Crippen MR) is 111 cm³/mol. The number of nitrogens with one attached hydrogen (secondary N) is 1. The summed E-state index contributed by atoms with van der Waals surface area (Å²) < 4.78 is 9.75. The zero-order chi connectivity index (χ0) is 21.6. The van der Waals surface area contributed by atoms with Crippen LogP contribution in [0.4, 0.5) is 11.4 Å². The molecule has 0 saturated carbocycles. The Labute approximate surface area is 170 Å². The van der Waals surface area contributed by atoms with Gasteiger partial charge in [-0.3, -0.25) is 4.79 Å². The van der Waals surface area contributed by atoms with Crippen molar-refractivity contribution in [2.75, 3.05) is 24.4 Å². The highest BCUT2D eigenvalue weighted by atomic mass is 16.5. The lowest BCUT2D eigenvalue weighted by molar-refractivity contribution is -0.139. The van der Waals surface area contributed by atoms with Gasteiger partial charge in [0.1, 0.15) is 5.70 Å². The Hall–Kier alpha value is -3.35. The molecule has 0 aliphatic carbocycles. The van der Waals surface area contributed by atoms with Crippen molar-refractivity contribution >= 4 is 29.2 Å². The van der Waals surface area contributed by atoms with Crippen LogP contribution in [0.5, 0.6) is 0 Å². The van der Waals surface area contributed by atoms with Crippen LogP contribution >= 0.6 is 0 Å². The maximum absolute atomic E-state index is 12.6. The molecule has 29 heavy (non-hydrogen) atoms. The van der Waals surface area contributed by atoms with Gasteiger partial charge in [0.25, 0.3) is 0 Å². The topological polar surface area (TPSA) is 84.9 Å². The summed E-state index contributed by atoms with van der Waals surface area (Å²) in [4.78, 5) is 38.6. The van der Waals surface area contributed by atoms with Crippen LogP contribution < -0.4 is 10.2 Å². The zero-order valence-corrected chi connectivity index (χ0v) is 17.3. The van der Waals surface area contributed by atoms with Gasteiger partial charge in [0, 0.05) is 18.3 Å². The third-order valence-corrected chi connectivity index (χ3v) is 4.24. The maximum Gasteiger partial charge on any atom is 0.355 e. The molecule has 0 aromatic heterocycles. The number of esters is 2. The van der Waals surface area contributed by atoms with Gasteiger partial charge in [-0.2, -0.15) is 0 Å². The van der Waals surface area contributed by atoms with Crippen molar-refractivity contribution in [3.05, 3.63) is 59.5 Å². The van der Waals surface area contributed by atoms with Gasteiger partial charge in [-0.05, 0) is 42.7 Å². The van der Waals surface area contributed by atoms with Crippen molar-refractivity contribution in [2.45, 2.75) is 27.2 Å². The number of carbonyl (C=O) groups excluding carboxylic acids is 3. The Morgan fingerprint density at radius 3 is 2.38 bits per heavy atom. The van der Waals surface area contributed by atoms with Gasteiger partial charge in [-0.15, -0.1) is 0 Å². The molecular weight excluding hydrogens is 372 g/mol. The van der Waals surface area contributed by atoms with Crippen LogP contribution in [0.2, 0.25) is 0 Å². The molecule has 0 unspecified atom stereocenters. The van der Waals surface area contributed by atoms with E-state index in [0.29, 0.717) is 17.8 Å². The first kappa shape index (κ1) is 21.9. The highest BCUT2D eigenvalue weighted by molar-refractivity contribution is 6.05. The van der Waals surface area contributed by atoms with Crippen molar-refractivity contribution in [1.29, 1.82) is 0 Å². The molecular formula is C22H26N2O5. The average Bonchev–Trinajstić information content (AvgIpc) is 2.90. The molecule has 0 radical (unpaired) electrons. The Balaban J connectivity index is 2.55. The number of rotatable bonds is 6. The summed E-state index contributed by atoms with van der Waals surface area (Å²) in [7, 11) is 2.49. The Bertz CT molecular complexity index is 896. The molecule has 1 aromatic carbocycles. The second-order valence-electron chi connectivity index (χ2n) is 6.96. The molecule has 0 saturated heterocycles. The molecule has 7 heteroatoms. The number of benzene rings is 1. The van der Waals surface area contributed by atoms with Gasteiger partial charge < -0.3 is 19.7 Å². The van der Waals surface area contributed by atoms with E-state index in [-0.39, 0.29) is 23.1 Å². The van der Waals surface area contributed by atoms with Crippen LogP contribution in [-0.2, 0) is 23.9 Å². The largest absolute Gasteiger partial charge is 0.465 e. The molecule has 7 nitrogen and oxygen atoms in total. The van der Waals surface area contributed by atoms with Crippen LogP contribution in [0.3, 0.4) is 0 Å². The molecule has 0 fully saturated rings. The minimum absolute atomic E-state index is 0.0260. The number of nitrogens with zero attached hydrogens (tertiary/aromatic N) is 1. The third kappa shape index (κ3) is 5.34. The highest BCUT2D eigenvalue weighted by Gasteiger charge is 2.28. The van der Waals surface area contributed by atoms with Gasteiger partial charge in [-0.1, -0.05) is 26.0 Å². The number of ether oxygens (including phenoxy) is 2. The summed E-state index contributed by atoms with van der Waals surface area (Å²) in [5.41, 5.74) is 2.14. The van der Waals surface area contributed by atoms with Crippen molar-refractivity contribution in [3.8, 4) is 0 Å². The summed E-state index contributed by atoms with van der Waals surface area (Å²) >= 11 is 0. The maximum atomic E-state index is 12.6. The Morgan fingerprint density at radius 1 is 1.07 bits per heavy atom.